The van der Waals surface area contributed by atoms with Crippen molar-refractivity contribution in [1.82, 2.24) is 25.2 Å². The van der Waals surface area contributed by atoms with Crippen LogP contribution < -0.4 is 16.0 Å². The third-order valence-electron chi connectivity index (χ3n) is 7.79. The van der Waals surface area contributed by atoms with Crippen LogP contribution in [0.3, 0.4) is 0 Å². The standard InChI is InChI=1S/C29H34F3N7O3/c30-29(31,32)20-8-10-22-23(14-20)35-17-36-26(22)38-24(28(41)42)15-34-27(40)19-5-2-12-39(16-19)13-3-6-21-9-7-18-4-1-11-33-25(18)37-21/h7-10,14,17,19,24H,1-6,11-13,15-16H2,(H,33,37)(H,34,40)(H,41,42)(H,35,36,38)/t19-,24+/m1/s1. The Labute approximate surface area is 241 Å². The first-order valence-electron chi connectivity index (χ1n) is 14.2. The van der Waals surface area contributed by atoms with Gasteiger partial charge in [0.05, 0.1) is 17.0 Å². The van der Waals surface area contributed by atoms with Gasteiger partial charge in [0.25, 0.3) is 0 Å². The van der Waals surface area contributed by atoms with Gasteiger partial charge in [0.1, 0.15) is 24.0 Å². The fraction of sp³-hybridized carbons (Fsp3) is 0.483. The lowest BCUT2D eigenvalue weighted by Crippen LogP contribution is -2.47. The second kappa shape index (κ2) is 12.9. The number of aromatic nitrogens is 3. The van der Waals surface area contributed by atoms with E-state index in [1.54, 1.807) is 0 Å². The molecule has 2 aliphatic heterocycles. The zero-order chi connectivity index (χ0) is 29.7. The SMILES string of the molecule is O=C(NC[C@H](Nc1ncnc2cc(C(F)(F)F)ccc12)C(=O)O)[C@@H]1CCCN(CCCc2ccc3c(n2)NCCC3)C1. The highest BCUT2D eigenvalue weighted by atomic mass is 19.4. The number of fused-ring (bicyclic) bond motifs is 2. The highest BCUT2D eigenvalue weighted by molar-refractivity contribution is 5.91. The summed E-state index contributed by atoms with van der Waals surface area (Å²) in [4.78, 5) is 39.9. The van der Waals surface area contributed by atoms with Crippen LogP contribution in [0.2, 0.25) is 0 Å². The van der Waals surface area contributed by atoms with Crippen LogP contribution in [0.1, 0.15) is 42.5 Å². The van der Waals surface area contributed by atoms with Crippen molar-refractivity contribution >= 4 is 34.4 Å². The van der Waals surface area contributed by atoms with Crippen molar-refractivity contribution in [3.8, 4) is 0 Å². The fourth-order valence-electron chi connectivity index (χ4n) is 5.52. The summed E-state index contributed by atoms with van der Waals surface area (Å²) in [5.41, 5.74) is 1.48. The van der Waals surface area contributed by atoms with E-state index in [4.69, 9.17) is 4.98 Å². The molecule has 0 unspecified atom stereocenters. The van der Waals surface area contributed by atoms with Crippen molar-refractivity contribution in [2.45, 2.75) is 50.7 Å². The second-order valence-corrected chi connectivity index (χ2v) is 10.8. The van der Waals surface area contributed by atoms with E-state index in [1.165, 1.54) is 11.6 Å². The van der Waals surface area contributed by atoms with E-state index in [0.29, 0.717) is 13.0 Å². The number of hydrogen-bond donors (Lipinski definition) is 4. The molecule has 1 aromatic carbocycles. The molecule has 2 atom stereocenters. The maximum Gasteiger partial charge on any atom is 0.416 e. The largest absolute Gasteiger partial charge is 0.480 e. The number of carboxylic acid groups (broad SMARTS) is 1. The van der Waals surface area contributed by atoms with Gasteiger partial charge >= 0.3 is 12.1 Å². The molecule has 2 aliphatic rings. The van der Waals surface area contributed by atoms with E-state index in [1.807, 2.05) is 0 Å². The molecule has 0 aliphatic carbocycles. The Hall–Kier alpha value is -4.00. The number of amides is 1. The normalized spacial score (nSPS) is 18.1. The molecule has 0 bridgehead atoms. The Morgan fingerprint density at radius 3 is 2.83 bits per heavy atom. The van der Waals surface area contributed by atoms with E-state index >= 15 is 0 Å². The minimum absolute atomic E-state index is 0.0249. The molecule has 1 amide bonds. The van der Waals surface area contributed by atoms with Crippen molar-refractivity contribution in [3.05, 3.63) is 53.5 Å². The van der Waals surface area contributed by atoms with Gasteiger partial charge in [0.15, 0.2) is 0 Å². The number of piperidine rings is 1. The Kier molecular flexibility index (Phi) is 9.05. The number of carboxylic acids is 1. The first-order chi connectivity index (χ1) is 20.2. The molecule has 4 heterocycles. The average Bonchev–Trinajstić information content (AvgIpc) is 2.98. The Morgan fingerprint density at radius 1 is 1.17 bits per heavy atom. The summed E-state index contributed by atoms with van der Waals surface area (Å²) in [5.74, 6) is -0.655. The fourth-order valence-corrected chi connectivity index (χ4v) is 5.52. The summed E-state index contributed by atoms with van der Waals surface area (Å²) in [5, 5.41) is 18.9. The number of alkyl halides is 3. The highest BCUT2D eigenvalue weighted by Crippen LogP contribution is 2.32. The van der Waals surface area contributed by atoms with Gasteiger partial charge in [-0.3, -0.25) is 4.79 Å². The number of anilines is 2. The summed E-state index contributed by atoms with van der Waals surface area (Å²) in [6.45, 7) is 3.07. The number of rotatable bonds is 10. The summed E-state index contributed by atoms with van der Waals surface area (Å²) in [6.07, 6.45) is 2.06. The molecule has 5 rings (SSSR count). The zero-order valence-electron chi connectivity index (χ0n) is 23.1. The molecular weight excluding hydrogens is 551 g/mol. The summed E-state index contributed by atoms with van der Waals surface area (Å²) in [6, 6.07) is 5.98. The van der Waals surface area contributed by atoms with Crippen LogP contribution in [0.5, 0.6) is 0 Å². The van der Waals surface area contributed by atoms with Crippen molar-refractivity contribution in [3.63, 3.8) is 0 Å². The van der Waals surface area contributed by atoms with Gasteiger partial charge in [-0.15, -0.1) is 0 Å². The summed E-state index contributed by atoms with van der Waals surface area (Å²) in [7, 11) is 0. The van der Waals surface area contributed by atoms with Crippen LogP contribution in [-0.2, 0) is 28.6 Å². The van der Waals surface area contributed by atoms with Crippen LogP contribution in [0.4, 0.5) is 24.8 Å². The number of aliphatic carboxylic acids is 1. The molecule has 2 aromatic heterocycles. The maximum atomic E-state index is 13.1. The molecule has 0 saturated carbocycles. The van der Waals surface area contributed by atoms with Gasteiger partial charge in [0, 0.05) is 30.7 Å². The lowest BCUT2D eigenvalue weighted by atomic mass is 9.96. The Morgan fingerprint density at radius 2 is 2.02 bits per heavy atom. The Balaban J connectivity index is 1.12. The summed E-state index contributed by atoms with van der Waals surface area (Å²) < 4.78 is 39.3. The third-order valence-corrected chi connectivity index (χ3v) is 7.79. The number of halogens is 3. The highest BCUT2D eigenvalue weighted by Gasteiger charge is 2.31. The zero-order valence-corrected chi connectivity index (χ0v) is 23.1. The van der Waals surface area contributed by atoms with Crippen molar-refractivity contribution in [1.29, 1.82) is 0 Å². The first-order valence-corrected chi connectivity index (χ1v) is 14.2. The van der Waals surface area contributed by atoms with E-state index in [-0.39, 0.29) is 35.1 Å². The Bertz CT molecular complexity index is 1440. The van der Waals surface area contributed by atoms with E-state index < -0.39 is 23.8 Å². The molecule has 4 N–H and O–H groups in total. The smallest absolute Gasteiger partial charge is 0.416 e. The number of carbonyl (C=O) groups is 2. The van der Waals surface area contributed by atoms with Gasteiger partial charge in [0.2, 0.25) is 5.91 Å². The molecule has 0 spiro atoms. The van der Waals surface area contributed by atoms with E-state index in [0.717, 1.165) is 81.7 Å². The van der Waals surface area contributed by atoms with Crippen molar-refractivity contribution in [2.24, 2.45) is 5.92 Å². The van der Waals surface area contributed by atoms with Gasteiger partial charge in [-0.05, 0) is 81.4 Å². The summed E-state index contributed by atoms with van der Waals surface area (Å²) >= 11 is 0. The number of carbonyl (C=O) groups excluding carboxylic acids is 1. The quantitative estimate of drug-likeness (QED) is 0.281. The number of pyridine rings is 1. The predicted molar refractivity (Wildman–Crippen MR) is 151 cm³/mol. The van der Waals surface area contributed by atoms with E-state index in [2.05, 4.69) is 43.0 Å². The molecule has 0 radical (unpaired) electrons. The van der Waals surface area contributed by atoms with E-state index in [9.17, 15) is 27.9 Å². The van der Waals surface area contributed by atoms with Gasteiger partial charge in [-0.1, -0.05) is 6.07 Å². The molecule has 42 heavy (non-hydrogen) atoms. The van der Waals surface area contributed by atoms with Crippen LogP contribution in [0.25, 0.3) is 10.9 Å². The predicted octanol–water partition coefficient (Wildman–Crippen LogP) is 3.73. The average molecular weight is 586 g/mol. The number of benzene rings is 1. The number of nitrogens with zero attached hydrogens (tertiary/aromatic N) is 4. The van der Waals surface area contributed by atoms with Crippen LogP contribution >= 0.6 is 0 Å². The number of likely N-dealkylation sites (tertiary alicyclic amines) is 1. The monoisotopic (exact) mass is 585 g/mol. The molecule has 3 aromatic rings. The second-order valence-electron chi connectivity index (χ2n) is 10.8. The molecule has 13 heteroatoms. The van der Waals surface area contributed by atoms with Crippen LogP contribution in [0, 0.1) is 5.92 Å². The lowest BCUT2D eigenvalue weighted by Gasteiger charge is -2.32. The van der Waals surface area contributed by atoms with Crippen molar-refractivity contribution < 1.29 is 27.9 Å². The van der Waals surface area contributed by atoms with Crippen LogP contribution in [0.15, 0.2) is 36.7 Å². The molecule has 1 fully saturated rings. The van der Waals surface area contributed by atoms with Gasteiger partial charge in [-0.2, -0.15) is 13.2 Å². The number of nitrogens with one attached hydrogen (secondary N) is 3. The maximum absolute atomic E-state index is 13.1. The molecular formula is C29H34F3N7O3. The first kappa shape index (κ1) is 29.5. The van der Waals surface area contributed by atoms with Crippen LogP contribution in [-0.4, -0.2) is 75.6 Å². The van der Waals surface area contributed by atoms with Crippen molar-refractivity contribution in [2.75, 3.05) is 43.4 Å². The minimum Gasteiger partial charge on any atom is -0.480 e. The minimum atomic E-state index is -4.54. The van der Waals surface area contributed by atoms with Gasteiger partial charge < -0.3 is 26.0 Å². The number of hydrogen-bond acceptors (Lipinski definition) is 8. The van der Waals surface area contributed by atoms with Gasteiger partial charge in [-0.25, -0.2) is 19.7 Å². The number of aryl methyl sites for hydroxylation is 2. The third kappa shape index (κ3) is 7.25. The molecule has 1 saturated heterocycles. The lowest BCUT2D eigenvalue weighted by molar-refractivity contribution is -0.138. The molecule has 224 valence electrons. The topological polar surface area (TPSA) is 132 Å². The molecule has 10 nitrogen and oxygen atoms in total.